The van der Waals surface area contributed by atoms with E-state index in [1.54, 1.807) is 13.1 Å². The maximum absolute atomic E-state index is 14.0. The summed E-state index contributed by atoms with van der Waals surface area (Å²) in [6.07, 6.45) is 3.89. The Morgan fingerprint density at radius 1 is 1.07 bits per heavy atom. The van der Waals surface area contributed by atoms with E-state index in [0.29, 0.717) is 25.2 Å². The van der Waals surface area contributed by atoms with Gasteiger partial charge in [0.2, 0.25) is 0 Å². The highest BCUT2D eigenvalue weighted by Crippen LogP contribution is 2.13. The summed E-state index contributed by atoms with van der Waals surface area (Å²) in [7, 11) is 7.61. The first-order valence-corrected chi connectivity index (χ1v) is 9.89. The molecule has 2 aromatic carbocycles. The van der Waals surface area contributed by atoms with Crippen molar-refractivity contribution in [2.45, 2.75) is 19.6 Å². The number of hydrogen-bond acceptors (Lipinski definition) is 3. The summed E-state index contributed by atoms with van der Waals surface area (Å²) >= 11 is 0. The molecule has 0 atom stereocenters. The van der Waals surface area contributed by atoms with E-state index < -0.39 is 0 Å². The predicted octanol–water partition coefficient (Wildman–Crippen LogP) is 3.28. The highest BCUT2D eigenvalue weighted by molar-refractivity contribution is 5.79. The molecule has 1 aromatic heterocycles. The van der Waals surface area contributed by atoms with Gasteiger partial charge in [-0.2, -0.15) is 5.10 Å². The van der Waals surface area contributed by atoms with E-state index in [1.165, 1.54) is 6.07 Å². The van der Waals surface area contributed by atoms with Crippen LogP contribution in [-0.4, -0.2) is 53.7 Å². The normalized spacial score (nSPS) is 11.7. The van der Waals surface area contributed by atoms with E-state index in [2.05, 4.69) is 15.4 Å². The molecule has 7 heteroatoms. The van der Waals surface area contributed by atoms with E-state index in [9.17, 15) is 4.39 Å². The van der Waals surface area contributed by atoms with Gasteiger partial charge in [-0.1, -0.05) is 24.3 Å². The summed E-state index contributed by atoms with van der Waals surface area (Å²) in [6.45, 7) is 1.81. The van der Waals surface area contributed by atoms with Crippen molar-refractivity contribution in [2.75, 3.05) is 28.2 Å². The van der Waals surface area contributed by atoms with Gasteiger partial charge in [-0.3, -0.25) is 4.99 Å². The summed E-state index contributed by atoms with van der Waals surface area (Å²) in [5, 5.41) is 7.81. The summed E-state index contributed by atoms with van der Waals surface area (Å²) in [6, 6.07) is 15.3. The number of guanidine groups is 1. The van der Waals surface area contributed by atoms with Crippen LogP contribution >= 0.6 is 0 Å². The molecule has 0 aliphatic heterocycles. The molecule has 3 rings (SSSR count). The maximum atomic E-state index is 14.0. The Morgan fingerprint density at radius 3 is 2.53 bits per heavy atom. The topological polar surface area (TPSA) is 48.7 Å². The molecule has 0 amide bonds. The minimum Gasteiger partial charge on any atom is -0.352 e. The monoisotopic (exact) mass is 408 g/mol. The van der Waals surface area contributed by atoms with Crippen molar-refractivity contribution >= 4 is 5.96 Å². The highest BCUT2D eigenvalue weighted by Gasteiger charge is 2.10. The Balaban J connectivity index is 1.61. The van der Waals surface area contributed by atoms with Crippen LogP contribution in [0.25, 0.3) is 5.69 Å². The van der Waals surface area contributed by atoms with Crippen molar-refractivity contribution < 1.29 is 4.39 Å². The van der Waals surface area contributed by atoms with Crippen LogP contribution in [0.4, 0.5) is 4.39 Å². The van der Waals surface area contributed by atoms with Crippen molar-refractivity contribution in [1.82, 2.24) is 24.9 Å². The lowest BCUT2D eigenvalue weighted by molar-refractivity contribution is 0.392. The molecule has 0 saturated carbocycles. The molecule has 0 radical (unpaired) electrons. The fourth-order valence-electron chi connectivity index (χ4n) is 3.28. The molecule has 0 aliphatic rings. The van der Waals surface area contributed by atoms with Crippen molar-refractivity contribution in [3.63, 3.8) is 0 Å². The van der Waals surface area contributed by atoms with Crippen LogP contribution in [0.2, 0.25) is 0 Å². The molecule has 1 heterocycles. The summed E-state index contributed by atoms with van der Waals surface area (Å²) in [5.41, 5.74) is 3.81. The molecule has 30 heavy (non-hydrogen) atoms. The van der Waals surface area contributed by atoms with E-state index in [4.69, 9.17) is 0 Å². The predicted molar refractivity (Wildman–Crippen MR) is 119 cm³/mol. The third kappa shape index (κ3) is 5.67. The Labute approximate surface area is 177 Å². The average Bonchev–Trinajstić information content (AvgIpc) is 3.19. The summed E-state index contributed by atoms with van der Waals surface area (Å²) in [5.74, 6) is 0.588. The standard InChI is InChI=1S/C23H29FN6/c1-25-23(26-13-18-10-11-22(24)20(12-18)17-28(2)3)29(4)15-19-14-27-30(16-19)21-8-6-5-7-9-21/h5-12,14,16H,13,15,17H2,1-4H3,(H,25,26). The minimum atomic E-state index is -0.177. The number of benzene rings is 2. The third-order valence-corrected chi connectivity index (χ3v) is 4.70. The van der Waals surface area contributed by atoms with Crippen LogP contribution in [-0.2, 0) is 19.6 Å². The van der Waals surface area contributed by atoms with Crippen LogP contribution in [0, 0.1) is 5.82 Å². The largest absolute Gasteiger partial charge is 0.352 e. The van der Waals surface area contributed by atoms with Crippen molar-refractivity contribution in [1.29, 1.82) is 0 Å². The molecule has 0 fully saturated rings. The zero-order chi connectivity index (χ0) is 21.5. The second-order valence-corrected chi connectivity index (χ2v) is 7.55. The quantitative estimate of drug-likeness (QED) is 0.482. The number of hydrogen-bond donors (Lipinski definition) is 1. The highest BCUT2D eigenvalue weighted by atomic mass is 19.1. The lowest BCUT2D eigenvalue weighted by Gasteiger charge is -2.21. The first kappa shape index (κ1) is 21.5. The summed E-state index contributed by atoms with van der Waals surface area (Å²) in [4.78, 5) is 8.37. The van der Waals surface area contributed by atoms with Crippen LogP contribution in [0.15, 0.2) is 65.9 Å². The van der Waals surface area contributed by atoms with Crippen LogP contribution < -0.4 is 5.32 Å². The fraction of sp³-hybridized carbons (Fsp3) is 0.304. The van der Waals surface area contributed by atoms with E-state index in [1.807, 2.05) is 84.4 Å². The number of para-hydroxylation sites is 1. The van der Waals surface area contributed by atoms with Gasteiger partial charge in [0.1, 0.15) is 5.82 Å². The molecule has 0 spiro atoms. The molecular weight excluding hydrogens is 379 g/mol. The zero-order valence-electron chi connectivity index (χ0n) is 18.0. The van der Waals surface area contributed by atoms with Crippen molar-refractivity contribution in [3.05, 3.63) is 83.4 Å². The molecule has 0 unspecified atom stereocenters. The molecule has 0 aliphatic carbocycles. The Morgan fingerprint density at radius 2 is 1.83 bits per heavy atom. The number of rotatable bonds is 7. The summed E-state index contributed by atoms with van der Waals surface area (Å²) < 4.78 is 15.9. The molecule has 3 aromatic rings. The van der Waals surface area contributed by atoms with Gasteiger partial charge in [0.05, 0.1) is 11.9 Å². The molecule has 0 bridgehead atoms. The van der Waals surface area contributed by atoms with Crippen LogP contribution in [0.3, 0.4) is 0 Å². The SMILES string of the molecule is CN=C(NCc1ccc(F)c(CN(C)C)c1)N(C)Cc1cnn(-c2ccccc2)c1. The zero-order valence-corrected chi connectivity index (χ0v) is 18.0. The van der Waals surface area contributed by atoms with Gasteiger partial charge in [0.25, 0.3) is 0 Å². The Kier molecular flexibility index (Phi) is 7.19. The lowest BCUT2D eigenvalue weighted by Crippen LogP contribution is -2.38. The number of aromatic nitrogens is 2. The van der Waals surface area contributed by atoms with Crippen LogP contribution in [0.5, 0.6) is 0 Å². The van der Waals surface area contributed by atoms with Crippen molar-refractivity contribution in [2.24, 2.45) is 4.99 Å². The van der Waals surface area contributed by atoms with Gasteiger partial charge in [-0.25, -0.2) is 9.07 Å². The smallest absolute Gasteiger partial charge is 0.193 e. The third-order valence-electron chi connectivity index (χ3n) is 4.70. The van der Waals surface area contributed by atoms with Gasteiger partial charge in [-0.15, -0.1) is 0 Å². The van der Waals surface area contributed by atoms with E-state index in [-0.39, 0.29) is 5.82 Å². The molecule has 1 N–H and O–H groups in total. The van der Waals surface area contributed by atoms with E-state index >= 15 is 0 Å². The first-order valence-electron chi connectivity index (χ1n) is 9.89. The molecule has 6 nitrogen and oxygen atoms in total. The maximum Gasteiger partial charge on any atom is 0.193 e. The van der Waals surface area contributed by atoms with Gasteiger partial charge < -0.3 is 15.1 Å². The molecule has 158 valence electrons. The first-order chi connectivity index (χ1) is 14.5. The van der Waals surface area contributed by atoms with Crippen LogP contribution in [0.1, 0.15) is 16.7 Å². The fourth-order valence-corrected chi connectivity index (χ4v) is 3.28. The van der Waals surface area contributed by atoms with E-state index in [0.717, 1.165) is 22.8 Å². The van der Waals surface area contributed by atoms with Gasteiger partial charge in [0, 0.05) is 51.1 Å². The Hall–Kier alpha value is -3.19. The van der Waals surface area contributed by atoms with Gasteiger partial charge in [0.15, 0.2) is 5.96 Å². The Bertz CT molecular complexity index is 980. The minimum absolute atomic E-state index is 0.177. The second kappa shape index (κ2) is 10.0. The average molecular weight is 409 g/mol. The number of aliphatic imine (C=N–C) groups is 1. The lowest BCUT2D eigenvalue weighted by atomic mass is 10.1. The number of halogens is 1. The number of nitrogens with zero attached hydrogens (tertiary/aromatic N) is 5. The van der Waals surface area contributed by atoms with Gasteiger partial charge >= 0.3 is 0 Å². The van der Waals surface area contributed by atoms with Gasteiger partial charge in [-0.05, 0) is 43.9 Å². The van der Waals surface area contributed by atoms with Crippen molar-refractivity contribution in [3.8, 4) is 5.69 Å². The molecule has 0 saturated heterocycles. The number of nitrogens with one attached hydrogen (secondary N) is 1. The molecular formula is C23H29FN6. The second-order valence-electron chi connectivity index (χ2n) is 7.55.